The van der Waals surface area contributed by atoms with E-state index in [1.165, 1.54) is 23.5 Å². The lowest BCUT2D eigenvalue weighted by molar-refractivity contribution is -0.384. The van der Waals surface area contributed by atoms with Gasteiger partial charge in [0.15, 0.2) is 0 Å². The molecule has 0 unspecified atom stereocenters. The highest BCUT2D eigenvalue weighted by molar-refractivity contribution is 7.89. The summed E-state index contributed by atoms with van der Waals surface area (Å²) >= 11 is 0. The molecule has 13 heteroatoms. The number of non-ortho nitro benzene ring substituents is 1. The first-order chi connectivity index (χ1) is 18.5. The normalized spacial score (nSPS) is 14.6. The van der Waals surface area contributed by atoms with Gasteiger partial charge in [0, 0.05) is 31.1 Å². The topological polar surface area (TPSA) is 154 Å². The number of nitrogens with one attached hydrogen (secondary N) is 1. The molecule has 2 heterocycles. The molecule has 1 aliphatic heterocycles. The Bertz CT molecular complexity index is 1510. The number of hydrogen-bond donors (Lipinski definition) is 1. The van der Waals surface area contributed by atoms with E-state index in [1.54, 1.807) is 23.7 Å². The number of rotatable bonds is 8. The summed E-state index contributed by atoms with van der Waals surface area (Å²) in [5, 5.41) is 18.4. The van der Waals surface area contributed by atoms with Crippen LogP contribution in [0.4, 0.5) is 11.4 Å². The SMILES string of the molecule is COC(=O)c1ccccc1Cn1nc(C)c(NC(=O)C2CCN(S(=O)(=O)c3ccc([N+](=O)[O-])cc3)CC2)c1C. The summed E-state index contributed by atoms with van der Waals surface area (Å²) in [4.78, 5) is 35.5. The zero-order valence-electron chi connectivity index (χ0n) is 21.8. The molecule has 0 saturated carbocycles. The number of sulfonamides is 1. The van der Waals surface area contributed by atoms with Crippen molar-refractivity contribution in [2.45, 2.75) is 38.1 Å². The third-order valence-corrected chi connectivity index (χ3v) is 8.80. The molecule has 1 aromatic heterocycles. The molecule has 1 fully saturated rings. The van der Waals surface area contributed by atoms with Crippen LogP contribution in [0.15, 0.2) is 53.4 Å². The highest BCUT2D eigenvalue weighted by Crippen LogP contribution is 2.28. The standard InChI is InChI=1S/C26H29N5O7S/c1-17-24(18(2)30(28-17)16-20-6-4-5-7-23(20)26(33)38-3)27-25(32)19-12-14-29(15-13-19)39(36,37)22-10-8-21(9-11-22)31(34)35/h4-11,19H,12-16H2,1-3H3,(H,27,32). The molecular weight excluding hydrogens is 526 g/mol. The van der Waals surface area contributed by atoms with Crippen molar-refractivity contribution in [1.29, 1.82) is 0 Å². The number of carbonyl (C=O) groups is 2. The number of piperidine rings is 1. The van der Waals surface area contributed by atoms with Crippen molar-refractivity contribution in [3.8, 4) is 0 Å². The second kappa shape index (κ2) is 11.3. The Morgan fingerprint density at radius 2 is 1.74 bits per heavy atom. The van der Waals surface area contributed by atoms with Gasteiger partial charge in [-0.3, -0.25) is 19.6 Å². The molecule has 12 nitrogen and oxygen atoms in total. The number of nitro benzene ring substituents is 1. The van der Waals surface area contributed by atoms with E-state index in [-0.39, 0.29) is 29.6 Å². The number of anilines is 1. The first-order valence-corrected chi connectivity index (χ1v) is 13.7. The number of amides is 1. The smallest absolute Gasteiger partial charge is 0.338 e. The summed E-state index contributed by atoms with van der Waals surface area (Å²) < 4.78 is 33.8. The fourth-order valence-electron chi connectivity index (χ4n) is 4.63. The predicted molar refractivity (Wildman–Crippen MR) is 142 cm³/mol. The summed E-state index contributed by atoms with van der Waals surface area (Å²) in [6.07, 6.45) is 0.660. The van der Waals surface area contributed by atoms with Gasteiger partial charge < -0.3 is 10.1 Å². The van der Waals surface area contributed by atoms with Gasteiger partial charge in [0.2, 0.25) is 15.9 Å². The van der Waals surface area contributed by atoms with Crippen molar-refractivity contribution in [3.63, 3.8) is 0 Å². The summed E-state index contributed by atoms with van der Waals surface area (Å²) in [5.74, 6) is -1.05. The van der Waals surface area contributed by atoms with Crippen LogP contribution in [0.5, 0.6) is 0 Å². The van der Waals surface area contributed by atoms with E-state index in [2.05, 4.69) is 10.4 Å². The molecule has 0 radical (unpaired) electrons. The van der Waals surface area contributed by atoms with Gasteiger partial charge in [0.05, 0.1) is 46.1 Å². The lowest BCUT2D eigenvalue weighted by atomic mass is 9.97. The van der Waals surface area contributed by atoms with Crippen LogP contribution in [0.25, 0.3) is 0 Å². The Morgan fingerprint density at radius 3 is 2.36 bits per heavy atom. The maximum Gasteiger partial charge on any atom is 0.338 e. The van der Waals surface area contributed by atoms with Crippen molar-refractivity contribution >= 4 is 33.3 Å². The highest BCUT2D eigenvalue weighted by atomic mass is 32.2. The second-order valence-corrected chi connectivity index (χ2v) is 11.2. The van der Waals surface area contributed by atoms with Gasteiger partial charge in [-0.1, -0.05) is 18.2 Å². The Labute approximate surface area is 225 Å². The van der Waals surface area contributed by atoms with Crippen LogP contribution in [0.1, 0.15) is 40.2 Å². The Morgan fingerprint density at radius 1 is 1.10 bits per heavy atom. The zero-order chi connectivity index (χ0) is 28.3. The summed E-state index contributed by atoms with van der Waals surface area (Å²) in [7, 11) is -2.51. The molecule has 206 valence electrons. The molecule has 0 bridgehead atoms. The maximum atomic E-state index is 13.1. The fourth-order valence-corrected chi connectivity index (χ4v) is 6.10. The first-order valence-electron chi connectivity index (χ1n) is 12.3. The number of carbonyl (C=O) groups excluding carboxylic acids is 2. The average Bonchev–Trinajstić information content (AvgIpc) is 3.20. The average molecular weight is 556 g/mol. The molecule has 1 amide bonds. The maximum absolute atomic E-state index is 13.1. The summed E-state index contributed by atoms with van der Waals surface area (Å²) in [6, 6.07) is 11.8. The number of nitro groups is 1. The molecule has 4 rings (SSSR count). The van der Waals surface area contributed by atoms with Crippen molar-refractivity contribution < 1.29 is 27.7 Å². The van der Waals surface area contributed by atoms with Crippen LogP contribution in [0.3, 0.4) is 0 Å². The summed E-state index contributed by atoms with van der Waals surface area (Å²) in [6.45, 7) is 4.23. The van der Waals surface area contributed by atoms with E-state index in [0.29, 0.717) is 36.3 Å². The number of aromatic nitrogens is 2. The molecule has 0 aliphatic carbocycles. The van der Waals surface area contributed by atoms with Crippen LogP contribution in [-0.2, 0) is 26.1 Å². The number of hydrogen-bond acceptors (Lipinski definition) is 8. The number of esters is 1. The molecule has 2 aromatic carbocycles. The van der Waals surface area contributed by atoms with E-state index in [9.17, 15) is 28.1 Å². The monoisotopic (exact) mass is 555 g/mol. The Balaban J connectivity index is 1.41. The van der Waals surface area contributed by atoms with Crippen LogP contribution in [0.2, 0.25) is 0 Å². The van der Waals surface area contributed by atoms with Gasteiger partial charge in [0.25, 0.3) is 5.69 Å². The van der Waals surface area contributed by atoms with Gasteiger partial charge >= 0.3 is 5.97 Å². The summed E-state index contributed by atoms with van der Waals surface area (Å²) in [5.41, 5.74) is 2.90. The van der Waals surface area contributed by atoms with Crippen LogP contribution >= 0.6 is 0 Å². The van der Waals surface area contributed by atoms with Gasteiger partial charge in [0.1, 0.15) is 0 Å². The van der Waals surface area contributed by atoms with E-state index >= 15 is 0 Å². The van der Waals surface area contributed by atoms with E-state index in [4.69, 9.17) is 4.74 Å². The van der Waals surface area contributed by atoms with E-state index < -0.39 is 26.8 Å². The van der Waals surface area contributed by atoms with E-state index in [1.807, 2.05) is 19.1 Å². The van der Waals surface area contributed by atoms with Crippen LogP contribution in [-0.4, -0.2) is 59.5 Å². The lowest BCUT2D eigenvalue weighted by Crippen LogP contribution is -2.41. The molecule has 1 saturated heterocycles. The molecule has 1 N–H and O–H groups in total. The number of benzene rings is 2. The van der Waals surface area contributed by atoms with Gasteiger partial charge in [-0.2, -0.15) is 9.40 Å². The quantitative estimate of drug-likeness (QED) is 0.252. The number of methoxy groups -OCH3 is 1. The van der Waals surface area contributed by atoms with E-state index in [0.717, 1.165) is 23.4 Å². The molecule has 1 aliphatic rings. The highest BCUT2D eigenvalue weighted by Gasteiger charge is 2.33. The minimum atomic E-state index is -3.83. The molecular formula is C26H29N5O7S. The number of ether oxygens (including phenoxy) is 1. The van der Waals surface area contributed by atoms with Crippen LogP contribution in [0, 0.1) is 29.9 Å². The third kappa shape index (κ3) is 5.83. The molecule has 3 aromatic rings. The lowest BCUT2D eigenvalue weighted by Gasteiger charge is -2.30. The molecule has 39 heavy (non-hydrogen) atoms. The van der Waals surface area contributed by atoms with Crippen molar-refractivity contribution in [1.82, 2.24) is 14.1 Å². The largest absolute Gasteiger partial charge is 0.465 e. The second-order valence-electron chi connectivity index (χ2n) is 9.27. The van der Waals surface area contributed by atoms with Gasteiger partial charge in [-0.25, -0.2) is 13.2 Å². The third-order valence-electron chi connectivity index (χ3n) is 6.88. The zero-order valence-corrected chi connectivity index (χ0v) is 22.6. The van der Waals surface area contributed by atoms with Gasteiger partial charge in [-0.15, -0.1) is 0 Å². The number of aryl methyl sites for hydroxylation is 1. The minimum absolute atomic E-state index is 0.0246. The van der Waals surface area contributed by atoms with Crippen molar-refractivity contribution in [3.05, 3.63) is 81.2 Å². The van der Waals surface area contributed by atoms with Crippen LogP contribution < -0.4 is 5.32 Å². The molecule has 0 spiro atoms. The predicted octanol–water partition coefficient (Wildman–Crippen LogP) is 3.28. The Kier molecular flexibility index (Phi) is 8.11. The fraction of sp³-hybridized carbons (Fsp3) is 0.346. The first kappa shape index (κ1) is 27.9. The number of nitrogens with zero attached hydrogens (tertiary/aromatic N) is 4. The van der Waals surface area contributed by atoms with Gasteiger partial charge in [-0.05, 0) is 50.5 Å². The van der Waals surface area contributed by atoms with Crippen molar-refractivity contribution in [2.75, 3.05) is 25.5 Å². The van der Waals surface area contributed by atoms with Crippen molar-refractivity contribution in [2.24, 2.45) is 5.92 Å². The molecule has 0 atom stereocenters. The minimum Gasteiger partial charge on any atom is -0.465 e. The Hall–Kier alpha value is -4.10.